The van der Waals surface area contributed by atoms with Gasteiger partial charge in [0.1, 0.15) is 11.5 Å². The van der Waals surface area contributed by atoms with E-state index in [1.807, 2.05) is 13.0 Å². The molecule has 1 aromatic heterocycles. The Labute approximate surface area is 153 Å². The molecular weight excluding hydrogens is 354 g/mol. The second-order valence-corrected chi connectivity index (χ2v) is 9.07. The lowest BCUT2D eigenvalue weighted by atomic mass is 9.75. The van der Waals surface area contributed by atoms with E-state index < -0.39 is 16.1 Å². The highest BCUT2D eigenvalue weighted by Gasteiger charge is 2.35. The first-order valence-electron chi connectivity index (χ1n) is 8.33. The third-order valence-electron chi connectivity index (χ3n) is 4.46. The van der Waals surface area contributed by atoms with Crippen molar-refractivity contribution in [3.63, 3.8) is 0 Å². The molecule has 7 nitrogen and oxygen atoms in total. The second-order valence-electron chi connectivity index (χ2n) is 7.50. The van der Waals surface area contributed by atoms with Crippen LogP contribution in [-0.4, -0.2) is 14.4 Å². The summed E-state index contributed by atoms with van der Waals surface area (Å²) < 4.78 is 28.6. The van der Waals surface area contributed by atoms with Crippen LogP contribution in [-0.2, 0) is 16.4 Å². The molecule has 0 radical (unpaired) electrons. The molecule has 1 aliphatic rings. The van der Waals surface area contributed by atoms with Gasteiger partial charge in [0.15, 0.2) is 0 Å². The van der Waals surface area contributed by atoms with Gasteiger partial charge in [-0.05, 0) is 43.0 Å². The molecule has 2 aromatic rings. The van der Waals surface area contributed by atoms with Crippen LogP contribution in [0.25, 0.3) is 0 Å². The SMILES string of the molecule is Cc1cc2c(o1)CC(C)(C)C[C@H]2NC(=O)Nc1cccc(S(N)(=O)=O)c1. The highest BCUT2D eigenvalue weighted by Crippen LogP contribution is 2.42. The maximum atomic E-state index is 12.4. The molecule has 1 heterocycles. The van der Waals surface area contributed by atoms with Crippen molar-refractivity contribution in [1.82, 2.24) is 5.32 Å². The zero-order valence-electron chi connectivity index (χ0n) is 15.0. The van der Waals surface area contributed by atoms with Crippen LogP contribution < -0.4 is 15.8 Å². The first kappa shape index (κ1) is 18.5. The lowest BCUT2D eigenvalue weighted by molar-refractivity contribution is 0.222. The van der Waals surface area contributed by atoms with E-state index in [4.69, 9.17) is 9.56 Å². The van der Waals surface area contributed by atoms with Gasteiger partial charge in [-0.1, -0.05) is 19.9 Å². The number of amides is 2. The summed E-state index contributed by atoms with van der Waals surface area (Å²) in [6.07, 6.45) is 1.61. The standard InChI is InChI=1S/C18H23N3O4S/c1-11-7-14-15(9-18(2,3)10-16(14)25-11)21-17(22)20-12-5-4-6-13(8-12)26(19,23)24/h4-8,15H,9-10H2,1-3H3,(H2,19,23,24)(H2,20,21,22)/t15-/m1/s1. The molecule has 1 aliphatic carbocycles. The normalized spacial score (nSPS) is 18.8. The Bertz CT molecular complexity index is 947. The number of nitrogens with one attached hydrogen (secondary N) is 2. The number of furan rings is 1. The highest BCUT2D eigenvalue weighted by molar-refractivity contribution is 7.89. The van der Waals surface area contributed by atoms with Crippen molar-refractivity contribution in [3.05, 3.63) is 47.4 Å². The first-order valence-corrected chi connectivity index (χ1v) is 9.88. The summed E-state index contributed by atoms with van der Waals surface area (Å²) in [5, 5.41) is 10.8. The number of hydrogen-bond donors (Lipinski definition) is 3. The number of primary sulfonamides is 1. The van der Waals surface area contributed by atoms with Crippen molar-refractivity contribution in [2.45, 2.75) is 44.6 Å². The van der Waals surface area contributed by atoms with Crippen LogP contribution in [0, 0.1) is 12.3 Å². The van der Waals surface area contributed by atoms with Crippen LogP contribution >= 0.6 is 0 Å². The summed E-state index contributed by atoms with van der Waals surface area (Å²) in [4.78, 5) is 12.4. The maximum Gasteiger partial charge on any atom is 0.319 e. The predicted molar refractivity (Wildman–Crippen MR) is 98.3 cm³/mol. The number of sulfonamides is 1. The Morgan fingerprint density at radius 1 is 1.31 bits per heavy atom. The number of carbonyl (C=O) groups is 1. The fourth-order valence-electron chi connectivity index (χ4n) is 3.39. The number of aryl methyl sites for hydroxylation is 1. The molecule has 3 rings (SSSR count). The quantitative estimate of drug-likeness (QED) is 0.762. The van der Waals surface area contributed by atoms with Gasteiger partial charge >= 0.3 is 6.03 Å². The zero-order valence-corrected chi connectivity index (χ0v) is 15.8. The van der Waals surface area contributed by atoms with Crippen LogP contribution in [0.2, 0.25) is 0 Å². The smallest absolute Gasteiger partial charge is 0.319 e. The van der Waals surface area contributed by atoms with Crippen molar-refractivity contribution >= 4 is 21.7 Å². The molecule has 0 unspecified atom stereocenters. The maximum absolute atomic E-state index is 12.4. The molecule has 140 valence electrons. The molecule has 0 fully saturated rings. The van der Waals surface area contributed by atoms with Gasteiger partial charge in [-0.15, -0.1) is 0 Å². The van der Waals surface area contributed by atoms with Gasteiger partial charge in [0.2, 0.25) is 10.0 Å². The summed E-state index contributed by atoms with van der Waals surface area (Å²) in [7, 11) is -3.83. The third kappa shape index (κ3) is 4.08. The van der Waals surface area contributed by atoms with Crippen molar-refractivity contribution in [2.24, 2.45) is 10.6 Å². The van der Waals surface area contributed by atoms with Crippen LogP contribution in [0.3, 0.4) is 0 Å². The second kappa shape index (κ2) is 6.44. The summed E-state index contributed by atoms with van der Waals surface area (Å²) in [5.41, 5.74) is 1.35. The van der Waals surface area contributed by atoms with E-state index in [2.05, 4.69) is 24.5 Å². The molecule has 0 bridgehead atoms. The number of rotatable bonds is 3. The molecule has 0 aliphatic heterocycles. The molecule has 0 spiro atoms. The van der Waals surface area contributed by atoms with E-state index in [9.17, 15) is 13.2 Å². The van der Waals surface area contributed by atoms with Gasteiger partial charge < -0.3 is 15.1 Å². The summed E-state index contributed by atoms with van der Waals surface area (Å²) in [5.74, 6) is 1.72. The number of hydrogen-bond acceptors (Lipinski definition) is 4. The number of benzene rings is 1. The molecule has 1 atom stereocenters. The molecule has 0 saturated heterocycles. The lowest BCUT2D eigenvalue weighted by Gasteiger charge is -2.34. The molecule has 8 heteroatoms. The summed E-state index contributed by atoms with van der Waals surface area (Å²) in [6.45, 7) is 6.16. The van der Waals surface area contributed by atoms with E-state index in [1.54, 1.807) is 6.07 Å². The Morgan fingerprint density at radius 2 is 2.04 bits per heavy atom. The Morgan fingerprint density at radius 3 is 2.73 bits per heavy atom. The fourth-order valence-corrected chi connectivity index (χ4v) is 3.95. The van der Waals surface area contributed by atoms with Crippen molar-refractivity contribution in [1.29, 1.82) is 0 Å². The van der Waals surface area contributed by atoms with Gasteiger partial charge in [0, 0.05) is 17.7 Å². The molecule has 2 amide bonds. The highest BCUT2D eigenvalue weighted by atomic mass is 32.2. The zero-order chi connectivity index (χ0) is 19.1. The summed E-state index contributed by atoms with van der Waals surface area (Å²) in [6, 6.07) is 7.20. The van der Waals surface area contributed by atoms with Crippen molar-refractivity contribution < 1.29 is 17.6 Å². The largest absolute Gasteiger partial charge is 0.466 e. The van der Waals surface area contributed by atoms with Crippen molar-refractivity contribution in [2.75, 3.05) is 5.32 Å². The lowest BCUT2D eigenvalue weighted by Crippen LogP contribution is -2.38. The van der Waals surface area contributed by atoms with Crippen molar-refractivity contribution in [3.8, 4) is 0 Å². The Kier molecular flexibility index (Phi) is 4.58. The van der Waals surface area contributed by atoms with E-state index in [1.165, 1.54) is 18.2 Å². The summed E-state index contributed by atoms with van der Waals surface area (Å²) >= 11 is 0. The number of anilines is 1. The van der Waals surface area contributed by atoms with Gasteiger partial charge in [-0.2, -0.15) is 0 Å². The van der Waals surface area contributed by atoms with Gasteiger partial charge in [-0.3, -0.25) is 0 Å². The predicted octanol–water partition coefficient (Wildman–Crippen LogP) is 3.07. The Balaban J connectivity index is 1.76. The number of urea groups is 1. The third-order valence-corrected chi connectivity index (χ3v) is 5.37. The number of nitrogens with two attached hydrogens (primary N) is 1. The van der Waals surface area contributed by atoms with Gasteiger partial charge in [0.05, 0.1) is 10.9 Å². The molecule has 26 heavy (non-hydrogen) atoms. The first-order chi connectivity index (χ1) is 12.0. The average molecular weight is 377 g/mol. The number of fused-ring (bicyclic) bond motifs is 1. The topological polar surface area (TPSA) is 114 Å². The minimum absolute atomic E-state index is 0.00276. The van der Waals surface area contributed by atoms with Crippen LogP contribution in [0.1, 0.15) is 43.4 Å². The minimum atomic E-state index is -3.83. The molecular formula is C18H23N3O4S. The van der Waals surface area contributed by atoms with Gasteiger partial charge in [-0.25, -0.2) is 18.4 Å². The van der Waals surface area contributed by atoms with E-state index in [0.717, 1.165) is 29.9 Å². The molecule has 1 aromatic carbocycles. The van der Waals surface area contributed by atoms with Gasteiger partial charge in [0.25, 0.3) is 0 Å². The van der Waals surface area contributed by atoms with Crippen LogP contribution in [0.5, 0.6) is 0 Å². The number of carbonyl (C=O) groups excluding carboxylic acids is 1. The van der Waals surface area contributed by atoms with Crippen LogP contribution in [0.15, 0.2) is 39.6 Å². The average Bonchev–Trinajstić information content (AvgIpc) is 2.85. The monoisotopic (exact) mass is 377 g/mol. The minimum Gasteiger partial charge on any atom is -0.466 e. The fraction of sp³-hybridized carbons (Fsp3) is 0.389. The van der Waals surface area contributed by atoms with Crippen LogP contribution in [0.4, 0.5) is 10.5 Å². The van der Waals surface area contributed by atoms with E-state index in [-0.39, 0.29) is 16.4 Å². The Hall–Kier alpha value is -2.32. The molecule has 0 saturated carbocycles. The van der Waals surface area contributed by atoms with E-state index in [0.29, 0.717) is 5.69 Å². The molecule has 4 N–H and O–H groups in total. The van der Waals surface area contributed by atoms with E-state index >= 15 is 0 Å².